The molecule has 3 heterocycles. The van der Waals surface area contributed by atoms with Crippen LogP contribution < -0.4 is 5.32 Å². The molecule has 2 aromatic heterocycles. The van der Waals surface area contributed by atoms with Crippen LogP contribution in [-0.4, -0.2) is 61.0 Å². The minimum absolute atomic E-state index is 0.141. The highest BCUT2D eigenvalue weighted by atomic mass is 16.2. The van der Waals surface area contributed by atoms with Gasteiger partial charge in [-0.15, -0.1) is 5.10 Å². The van der Waals surface area contributed by atoms with E-state index in [-0.39, 0.29) is 18.0 Å². The smallest absolute Gasteiger partial charge is 0.239 e. The Bertz CT molecular complexity index is 972. The van der Waals surface area contributed by atoms with Gasteiger partial charge < -0.3 is 14.8 Å². The van der Waals surface area contributed by atoms with E-state index >= 15 is 0 Å². The van der Waals surface area contributed by atoms with Crippen molar-refractivity contribution in [3.63, 3.8) is 0 Å². The predicted octanol–water partition coefficient (Wildman–Crippen LogP) is 1.76. The molecule has 1 fully saturated rings. The van der Waals surface area contributed by atoms with E-state index in [1.165, 1.54) is 0 Å². The molecule has 1 amide bonds. The molecule has 0 saturated carbocycles. The lowest BCUT2D eigenvalue weighted by Crippen LogP contribution is -2.43. The van der Waals surface area contributed by atoms with Crippen LogP contribution in [0.4, 0.5) is 0 Å². The summed E-state index contributed by atoms with van der Waals surface area (Å²) < 4.78 is 4.05. The van der Waals surface area contributed by atoms with Gasteiger partial charge in [-0.05, 0) is 39.3 Å². The average Bonchev–Trinajstić information content (AvgIpc) is 3.42. The molecular formula is C20H27N7O. The summed E-state index contributed by atoms with van der Waals surface area (Å²) in [5, 5.41) is 12.0. The maximum Gasteiger partial charge on any atom is 0.239 e. The second-order valence-corrected chi connectivity index (χ2v) is 7.28. The van der Waals surface area contributed by atoms with Crippen LogP contribution >= 0.6 is 0 Å². The zero-order valence-electron chi connectivity index (χ0n) is 16.7. The van der Waals surface area contributed by atoms with Gasteiger partial charge in [0.1, 0.15) is 11.5 Å². The maximum absolute atomic E-state index is 12.6. The van der Waals surface area contributed by atoms with Gasteiger partial charge >= 0.3 is 0 Å². The van der Waals surface area contributed by atoms with Crippen LogP contribution in [-0.2, 0) is 11.3 Å². The molecule has 0 spiro atoms. The first kappa shape index (κ1) is 18.6. The zero-order chi connectivity index (χ0) is 19.7. The Morgan fingerprint density at radius 2 is 2.07 bits per heavy atom. The van der Waals surface area contributed by atoms with Gasteiger partial charge in [0.2, 0.25) is 5.91 Å². The minimum atomic E-state index is -0.141. The number of benzene rings is 1. The van der Waals surface area contributed by atoms with Crippen LogP contribution in [0, 0.1) is 6.92 Å². The Morgan fingerprint density at radius 1 is 1.29 bits per heavy atom. The van der Waals surface area contributed by atoms with Crippen LogP contribution in [0.5, 0.6) is 0 Å². The molecule has 1 N–H and O–H groups in total. The van der Waals surface area contributed by atoms with Gasteiger partial charge in [0.15, 0.2) is 0 Å². The fourth-order valence-corrected chi connectivity index (χ4v) is 3.98. The highest BCUT2D eigenvalue weighted by Gasteiger charge is 2.33. The summed E-state index contributed by atoms with van der Waals surface area (Å²) in [5.41, 5.74) is 2.98. The number of hydrogen-bond acceptors (Lipinski definition) is 5. The fourth-order valence-electron chi connectivity index (χ4n) is 3.98. The monoisotopic (exact) mass is 381 g/mol. The quantitative estimate of drug-likeness (QED) is 0.704. The summed E-state index contributed by atoms with van der Waals surface area (Å²) in [7, 11) is 0. The zero-order valence-corrected chi connectivity index (χ0v) is 16.7. The summed E-state index contributed by atoms with van der Waals surface area (Å²) in [5.74, 6) is 1.14. The molecule has 1 saturated heterocycles. The third kappa shape index (κ3) is 3.40. The third-order valence-corrected chi connectivity index (χ3v) is 5.58. The number of aryl methyl sites for hydroxylation is 1. The van der Waals surface area contributed by atoms with Crippen LogP contribution in [0.15, 0.2) is 30.5 Å². The Balaban J connectivity index is 1.46. The molecule has 2 atom stereocenters. The first-order valence-corrected chi connectivity index (χ1v) is 9.95. The molecule has 148 valence electrons. The molecule has 0 bridgehead atoms. The Labute approximate surface area is 164 Å². The Morgan fingerprint density at radius 3 is 2.86 bits per heavy atom. The Hall–Kier alpha value is -2.74. The number of nitrogens with zero attached hydrogens (tertiary/aromatic N) is 6. The lowest BCUT2D eigenvalue weighted by atomic mass is 10.1. The van der Waals surface area contributed by atoms with Gasteiger partial charge in [0.25, 0.3) is 0 Å². The predicted molar refractivity (Wildman–Crippen MR) is 107 cm³/mol. The van der Waals surface area contributed by atoms with E-state index in [2.05, 4.69) is 31.2 Å². The topological polar surface area (TPSA) is 80.9 Å². The Kier molecular flexibility index (Phi) is 5.13. The van der Waals surface area contributed by atoms with Crippen molar-refractivity contribution < 1.29 is 4.79 Å². The van der Waals surface area contributed by atoms with Crippen molar-refractivity contribution in [1.29, 1.82) is 0 Å². The number of likely N-dealkylation sites (N-methyl/N-ethyl adjacent to an activating group) is 1. The number of carbonyl (C=O) groups excluding carboxylic acids is 1. The standard InChI is InChI=1S/C20H27N7O/c1-4-25(5-2)20(28)18-10-16(11-21-18)27-13-15(23-24-27)12-26-14(3)22-17-8-6-7-9-19(17)26/h6-9,13,16,18,21H,4-5,10-12H2,1-3H3/t16-,18-/m0/s1. The van der Waals surface area contributed by atoms with Crippen molar-refractivity contribution >= 4 is 16.9 Å². The van der Waals surface area contributed by atoms with Crippen LogP contribution in [0.25, 0.3) is 11.0 Å². The first-order valence-electron chi connectivity index (χ1n) is 9.95. The molecule has 0 aliphatic carbocycles. The van der Waals surface area contributed by atoms with Crippen molar-refractivity contribution in [2.45, 2.75) is 45.8 Å². The molecule has 0 radical (unpaired) electrons. The molecule has 1 aromatic carbocycles. The van der Waals surface area contributed by atoms with E-state index < -0.39 is 0 Å². The highest BCUT2D eigenvalue weighted by molar-refractivity contribution is 5.82. The molecule has 0 unspecified atom stereocenters. The molecule has 28 heavy (non-hydrogen) atoms. The van der Waals surface area contributed by atoms with Gasteiger partial charge in [0, 0.05) is 19.6 Å². The van der Waals surface area contributed by atoms with Crippen LogP contribution in [0.3, 0.4) is 0 Å². The number of rotatable bonds is 6. The van der Waals surface area contributed by atoms with Crippen LogP contribution in [0.1, 0.15) is 37.8 Å². The summed E-state index contributed by atoms with van der Waals surface area (Å²) >= 11 is 0. The number of para-hydroxylation sites is 2. The van der Waals surface area contributed by atoms with Gasteiger partial charge in [0.05, 0.1) is 35.9 Å². The lowest BCUT2D eigenvalue weighted by molar-refractivity contribution is -0.132. The van der Waals surface area contributed by atoms with E-state index in [4.69, 9.17) is 0 Å². The van der Waals surface area contributed by atoms with Crippen molar-refractivity contribution in [2.24, 2.45) is 0 Å². The number of carbonyl (C=O) groups is 1. The number of hydrogen-bond donors (Lipinski definition) is 1. The highest BCUT2D eigenvalue weighted by Crippen LogP contribution is 2.21. The number of amides is 1. The van der Waals surface area contributed by atoms with E-state index in [0.29, 0.717) is 6.54 Å². The van der Waals surface area contributed by atoms with E-state index in [1.54, 1.807) is 0 Å². The second kappa shape index (κ2) is 7.71. The van der Waals surface area contributed by atoms with Crippen LogP contribution in [0.2, 0.25) is 0 Å². The maximum atomic E-state index is 12.6. The number of aromatic nitrogens is 5. The number of imidazole rings is 1. The molecule has 3 aromatic rings. The molecule has 1 aliphatic rings. The summed E-state index contributed by atoms with van der Waals surface area (Å²) in [6.45, 7) is 8.88. The normalized spacial score (nSPS) is 19.4. The third-order valence-electron chi connectivity index (χ3n) is 5.58. The van der Waals surface area contributed by atoms with Gasteiger partial charge in [-0.1, -0.05) is 17.3 Å². The molecular weight excluding hydrogens is 354 g/mol. The van der Waals surface area contributed by atoms with Crippen molar-refractivity contribution in [3.8, 4) is 0 Å². The summed E-state index contributed by atoms with van der Waals surface area (Å²) in [6, 6.07) is 8.12. The van der Waals surface area contributed by atoms with E-state index in [9.17, 15) is 4.79 Å². The van der Waals surface area contributed by atoms with Gasteiger partial charge in [-0.2, -0.15) is 0 Å². The fraction of sp³-hybridized carbons (Fsp3) is 0.500. The van der Waals surface area contributed by atoms with Gasteiger partial charge in [-0.25, -0.2) is 9.67 Å². The molecule has 8 nitrogen and oxygen atoms in total. The SMILES string of the molecule is CCN(CC)C(=O)[C@@H]1C[C@H](n2cc(Cn3c(C)nc4ccccc43)nn2)CN1. The second-order valence-electron chi connectivity index (χ2n) is 7.28. The molecule has 4 rings (SSSR count). The van der Waals surface area contributed by atoms with Crippen molar-refractivity contribution in [3.05, 3.63) is 42.0 Å². The lowest BCUT2D eigenvalue weighted by Gasteiger charge is -2.22. The van der Waals surface area contributed by atoms with Crippen molar-refractivity contribution in [1.82, 2.24) is 34.8 Å². The summed E-state index contributed by atoms with van der Waals surface area (Å²) in [6.07, 6.45) is 2.73. The molecule has 1 aliphatic heterocycles. The van der Waals surface area contributed by atoms with E-state index in [1.807, 2.05) is 54.7 Å². The largest absolute Gasteiger partial charge is 0.342 e. The average molecular weight is 381 g/mol. The van der Waals surface area contributed by atoms with E-state index in [0.717, 1.165) is 48.6 Å². The van der Waals surface area contributed by atoms with Gasteiger partial charge in [-0.3, -0.25) is 4.79 Å². The number of nitrogens with one attached hydrogen (secondary N) is 1. The number of fused-ring (bicyclic) bond motifs is 1. The summed E-state index contributed by atoms with van der Waals surface area (Å²) in [4.78, 5) is 19.1. The minimum Gasteiger partial charge on any atom is -0.342 e. The first-order chi connectivity index (χ1) is 13.6. The van der Waals surface area contributed by atoms with Crippen molar-refractivity contribution in [2.75, 3.05) is 19.6 Å². The molecule has 8 heteroatoms.